The maximum Gasteiger partial charge on any atom is 0.207 e. The molecule has 2 aliphatic rings. The molecule has 0 amide bonds. The molecule has 3 aromatic heterocycles. The van der Waals surface area contributed by atoms with Crippen LogP contribution in [0, 0.1) is 0 Å². The fourth-order valence-electron chi connectivity index (χ4n) is 5.20. The lowest BCUT2D eigenvalue weighted by atomic mass is 10.1. The number of fused-ring (bicyclic) bond motifs is 1. The van der Waals surface area contributed by atoms with Gasteiger partial charge in [0, 0.05) is 38.4 Å². The van der Waals surface area contributed by atoms with E-state index < -0.39 is 24.5 Å². The molecule has 2 fully saturated rings. The summed E-state index contributed by atoms with van der Waals surface area (Å²) in [6.45, 7) is 8.27. The van der Waals surface area contributed by atoms with Gasteiger partial charge in [-0.05, 0) is 30.2 Å². The summed E-state index contributed by atoms with van der Waals surface area (Å²) >= 11 is 0. The summed E-state index contributed by atoms with van der Waals surface area (Å²) in [5.41, 5.74) is 3.26. The Bertz CT molecular complexity index is 1440. The highest BCUT2D eigenvalue weighted by Crippen LogP contribution is 2.40. The number of hydrogen-bond donors (Lipinski definition) is 4. The van der Waals surface area contributed by atoms with Crippen molar-refractivity contribution in [2.75, 3.05) is 56.6 Å². The number of morpholine rings is 1. The Morgan fingerprint density at radius 3 is 2.76 bits per heavy atom. The molecule has 4 N–H and O–H groups in total. The zero-order valence-electron chi connectivity index (χ0n) is 22.9. The molecular formula is C26H35N11O4. The highest BCUT2D eigenvalue weighted by Gasteiger charge is 2.47. The summed E-state index contributed by atoms with van der Waals surface area (Å²) < 4.78 is 13.2. The number of rotatable bonds is 11. The van der Waals surface area contributed by atoms with Crippen LogP contribution in [0.15, 0.2) is 36.8 Å². The highest BCUT2D eigenvalue weighted by atomic mass is 16.6. The van der Waals surface area contributed by atoms with Crippen LogP contribution < -0.4 is 10.6 Å². The predicted octanol–water partition coefficient (Wildman–Crippen LogP) is 0.223. The number of para-hydroxylation sites is 1. The van der Waals surface area contributed by atoms with E-state index in [2.05, 4.69) is 58.0 Å². The first kappa shape index (κ1) is 27.4. The number of aliphatic hydroxyl groups excluding tert-OH is 2. The first-order valence-electron chi connectivity index (χ1n) is 14.0. The Balaban J connectivity index is 1.16. The molecule has 0 spiro atoms. The number of aromatic nitrogens is 8. The van der Waals surface area contributed by atoms with Crippen molar-refractivity contribution >= 4 is 22.8 Å². The number of ether oxygens (including phenoxy) is 2. The second-order valence-corrected chi connectivity index (χ2v) is 10.0. The number of anilines is 2. The summed E-state index contributed by atoms with van der Waals surface area (Å²) in [5, 5.41) is 41.0. The number of benzene rings is 1. The first-order chi connectivity index (χ1) is 20.1. The summed E-state index contributed by atoms with van der Waals surface area (Å²) in [5.74, 6) is 0.646. The van der Waals surface area contributed by atoms with Crippen molar-refractivity contribution in [2.24, 2.45) is 0 Å². The molecule has 1 aromatic carbocycles. The number of nitrogens with zero attached hydrogens (tertiary/aromatic N) is 9. The van der Waals surface area contributed by atoms with Crippen molar-refractivity contribution in [1.82, 2.24) is 44.6 Å². The van der Waals surface area contributed by atoms with E-state index in [1.807, 2.05) is 19.1 Å². The van der Waals surface area contributed by atoms with Gasteiger partial charge in [0.25, 0.3) is 0 Å². The lowest BCUT2D eigenvalue weighted by Gasteiger charge is -2.26. The second-order valence-electron chi connectivity index (χ2n) is 10.0. The molecule has 4 aromatic rings. The molecule has 0 radical (unpaired) electrons. The van der Waals surface area contributed by atoms with Crippen molar-refractivity contribution in [3.05, 3.63) is 48.2 Å². The minimum Gasteiger partial charge on any atom is -0.387 e. The van der Waals surface area contributed by atoms with Gasteiger partial charge in [-0.1, -0.05) is 18.2 Å². The van der Waals surface area contributed by atoms with Crippen LogP contribution in [-0.2, 0) is 22.4 Å². The van der Waals surface area contributed by atoms with E-state index in [0.29, 0.717) is 30.2 Å². The zero-order valence-corrected chi connectivity index (χ0v) is 22.9. The van der Waals surface area contributed by atoms with Gasteiger partial charge in [-0.25, -0.2) is 15.0 Å². The molecule has 2 saturated heterocycles. The number of aliphatic hydroxyl groups is 2. The second kappa shape index (κ2) is 12.4. The normalized spacial score (nSPS) is 23.3. The van der Waals surface area contributed by atoms with Crippen LogP contribution in [0.1, 0.15) is 30.6 Å². The number of aryl methyl sites for hydroxylation is 1. The minimum absolute atomic E-state index is 0.201. The molecule has 4 atom stereocenters. The summed E-state index contributed by atoms with van der Waals surface area (Å²) in [6.07, 6.45) is -0.763. The van der Waals surface area contributed by atoms with E-state index in [9.17, 15) is 10.2 Å². The molecule has 0 saturated carbocycles. The third-order valence-electron chi connectivity index (χ3n) is 7.40. The Labute approximate surface area is 236 Å². The highest BCUT2D eigenvalue weighted by molar-refractivity contribution is 5.73. The Hall–Kier alpha value is -3.76. The van der Waals surface area contributed by atoms with Gasteiger partial charge in [0.1, 0.15) is 24.1 Å². The zero-order chi connectivity index (χ0) is 28.2. The van der Waals surface area contributed by atoms with Gasteiger partial charge in [-0.2, -0.15) is 4.80 Å². The van der Waals surface area contributed by atoms with E-state index in [-0.39, 0.29) is 5.82 Å². The average Bonchev–Trinajstić information content (AvgIpc) is 3.70. The molecule has 0 unspecified atom stereocenters. The lowest BCUT2D eigenvalue weighted by Crippen LogP contribution is -2.39. The van der Waals surface area contributed by atoms with E-state index in [4.69, 9.17) is 9.47 Å². The van der Waals surface area contributed by atoms with Crippen molar-refractivity contribution in [1.29, 1.82) is 0 Å². The molecule has 15 heteroatoms. The molecule has 5 heterocycles. The topological polar surface area (TPSA) is 173 Å². The summed E-state index contributed by atoms with van der Waals surface area (Å²) in [7, 11) is 0. The van der Waals surface area contributed by atoms with Crippen molar-refractivity contribution in [3.8, 4) is 0 Å². The molecule has 15 nitrogen and oxygen atoms in total. The fourth-order valence-corrected chi connectivity index (χ4v) is 5.20. The maximum absolute atomic E-state index is 11.0. The standard InChI is InChI=1S/C26H35N11O4/c1-2-36-33-23(32-34-36)22-20(38)21(39)25(41-22)37-24-19(15-27-16-30-24)31-26(37)29-8-7-17-5-3-4-6-18(17)28-9-10-35-11-13-40-14-12-35/h3-6,15-16,20-22,25,28,38-39H,2,7-14H2,1H3,(H,29,31)/t20-,21+,22-,25+/m0/s1. The van der Waals surface area contributed by atoms with Crippen LogP contribution in [-0.4, -0.2) is 113 Å². The lowest BCUT2D eigenvalue weighted by molar-refractivity contribution is -0.0372. The Kier molecular flexibility index (Phi) is 8.29. The predicted molar refractivity (Wildman–Crippen MR) is 148 cm³/mol. The van der Waals surface area contributed by atoms with Gasteiger partial charge in [-0.15, -0.1) is 10.2 Å². The number of tetrazole rings is 1. The first-order valence-corrected chi connectivity index (χ1v) is 14.0. The van der Waals surface area contributed by atoms with Gasteiger partial charge in [-0.3, -0.25) is 9.47 Å². The average molecular weight is 566 g/mol. The molecule has 2 aliphatic heterocycles. The van der Waals surface area contributed by atoms with Crippen LogP contribution in [0.2, 0.25) is 0 Å². The van der Waals surface area contributed by atoms with Crippen molar-refractivity contribution in [2.45, 2.75) is 44.4 Å². The number of hydrogen-bond acceptors (Lipinski definition) is 13. The minimum atomic E-state index is -1.28. The van der Waals surface area contributed by atoms with Crippen LogP contribution in [0.5, 0.6) is 0 Å². The SMILES string of the molecule is CCn1nnc([C@H]2O[C@@H](n3c(NCCc4ccccc4NCCN4CCOCC4)nc4cncnc43)[C@H](O)[C@@H]2O)n1. The molecule has 41 heavy (non-hydrogen) atoms. The summed E-state index contributed by atoms with van der Waals surface area (Å²) in [6, 6.07) is 8.25. The smallest absolute Gasteiger partial charge is 0.207 e. The number of nitrogens with one attached hydrogen (secondary N) is 2. The molecule has 6 rings (SSSR count). The maximum atomic E-state index is 11.0. The van der Waals surface area contributed by atoms with Gasteiger partial charge >= 0.3 is 0 Å². The van der Waals surface area contributed by atoms with Gasteiger partial charge in [0.05, 0.1) is 26.0 Å². The Morgan fingerprint density at radius 2 is 1.93 bits per heavy atom. The molecule has 218 valence electrons. The fraction of sp³-hybridized carbons (Fsp3) is 0.538. The number of imidazole rings is 1. The quantitative estimate of drug-likeness (QED) is 0.195. The van der Waals surface area contributed by atoms with Gasteiger partial charge in [0.2, 0.25) is 11.8 Å². The van der Waals surface area contributed by atoms with Gasteiger partial charge < -0.3 is 30.3 Å². The monoisotopic (exact) mass is 565 g/mol. The van der Waals surface area contributed by atoms with E-state index in [0.717, 1.165) is 51.5 Å². The van der Waals surface area contributed by atoms with E-state index in [1.165, 1.54) is 16.7 Å². The largest absolute Gasteiger partial charge is 0.387 e. The molecule has 0 aliphatic carbocycles. The molecular weight excluding hydrogens is 530 g/mol. The third kappa shape index (κ3) is 5.85. The van der Waals surface area contributed by atoms with Crippen LogP contribution >= 0.6 is 0 Å². The third-order valence-corrected chi connectivity index (χ3v) is 7.40. The van der Waals surface area contributed by atoms with Crippen LogP contribution in [0.3, 0.4) is 0 Å². The molecule has 0 bridgehead atoms. The van der Waals surface area contributed by atoms with Gasteiger partial charge in [0.15, 0.2) is 18.0 Å². The Morgan fingerprint density at radius 1 is 1.07 bits per heavy atom. The summed E-state index contributed by atoms with van der Waals surface area (Å²) in [4.78, 5) is 16.9. The van der Waals surface area contributed by atoms with Crippen molar-refractivity contribution in [3.63, 3.8) is 0 Å². The van der Waals surface area contributed by atoms with E-state index in [1.54, 1.807) is 10.8 Å². The van der Waals surface area contributed by atoms with Crippen LogP contribution in [0.4, 0.5) is 11.6 Å². The van der Waals surface area contributed by atoms with Crippen LogP contribution in [0.25, 0.3) is 11.2 Å². The van der Waals surface area contributed by atoms with Crippen molar-refractivity contribution < 1.29 is 19.7 Å². The van der Waals surface area contributed by atoms with E-state index >= 15 is 0 Å².